The number of hydrogen-bond acceptors (Lipinski definition) is 8. The molecule has 3 amide bonds. The van der Waals surface area contributed by atoms with Crippen LogP contribution in [-0.4, -0.2) is 100 Å². The second kappa shape index (κ2) is 17.8. The number of aliphatic hydroxyl groups excluding tert-OH is 1. The van der Waals surface area contributed by atoms with Gasteiger partial charge in [-0.15, -0.1) is 0 Å². The van der Waals surface area contributed by atoms with Crippen LogP contribution in [0.2, 0.25) is 0 Å². The van der Waals surface area contributed by atoms with E-state index >= 15 is 0 Å². The number of carbonyl (C=O) groups excluding carboxylic acids is 2. The van der Waals surface area contributed by atoms with Crippen molar-refractivity contribution >= 4 is 39.1 Å². The molecule has 12 nitrogen and oxygen atoms in total. The van der Waals surface area contributed by atoms with Gasteiger partial charge in [-0.2, -0.15) is 4.31 Å². The summed E-state index contributed by atoms with van der Waals surface area (Å²) in [6, 6.07) is 23.2. The first-order chi connectivity index (χ1) is 25.4. The van der Waals surface area contributed by atoms with E-state index < -0.39 is 34.1 Å². The van der Waals surface area contributed by atoms with E-state index in [1.165, 1.54) is 34.8 Å². The molecule has 282 valence electrons. The summed E-state index contributed by atoms with van der Waals surface area (Å²) in [5, 5.41) is 27.8. The van der Waals surface area contributed by atoms with Crippen LogP contribution in [-0.2, 0) is 27.8 Å². The van der Waals surface area contributed by atoms with Crippen LogP contribution in [0.4, 0.5) is 4.79 Å². The van der Waals surface area contributed by atoms with E-state index in [9.17, 15) is 23.1 Å². The summed E-state index contributed by atoms with van der Waals surface area (Å²) < 4.78 is 29.1. The number of benzene rings is 3. The average molecular weight is 743 g/mol. The Morgan fingerprint density at radius 2 is 1.72 bits per heavy atom. The molecule has 0 radical (unpaired) electrons. The summed E-state index contributed by atoms with van der Waals surface area (Å²) in [6.45, 7) is 8.74. The van der Waals surface area contributed by atoms with E-state index in [0.717, 1.165) is 22.0 Å². The first-order valence-corrected chi connectivity index (χ1v) is 19.5. The molecule has 0 aliphatic carbocycles. The number of carbonyl (C=O) groups is 2. The van der Waals surface area contributed by atoms with Gasteiger partial charge in [-0.05, 0) is 59.2 Å². The molecule has 5 rings (SSSR count). The number of nitrogens with one attached hydrogen (secondary N) is 1. The first kappa shape index (κ1) is 39.4. The van der Waals surface area contributed by atoms with Gasteiger partial charge in [0, 0.05) is 44.3 Å². The monoisotopic (exact) mass is 742 g/mol. The minimum absolute atomic E-state index is 0.0259. The number of hydrogen-bond donors (Lipinski definition) is 3. The van der Waals surface area contributed by atoms with Gasteiger partial charge in [0.2, 0.25) is 15.9 Å². The molecule has 1 aromatic heterocycles. The molecule has 1 fully saturated rings. The van der Waals surface area contributed by atoms with E-state index in [-0.39, 0.29) is 42.3 Å². The number of sulfonamides is 1. The van der Waals surface area contributed by atoms with Crippen molar-refractivity contribution in [3.63, 3.8) is 0 Å². The molecular formula is C40H50N6O6S. The summed E-state index contributed by atoms with van der Waals surface area (Å²) in [6.07, 6.45) is 2.52. The van der Waals surface area contributed by atoms with E-state index in [2.05, 4.69) is 15.5 Å². The number of urea groups is 1. The van der Waals surface area contributed by atoms with Crippen LogP contribution in [0.3, 0.4) is 0 Å². The number of rotatable bonds is 17. The highest BCUT2D eigenvalue weighted by atomic mass is 32.2. The maximum atomic E-state index is 14.4. The van der Waals surface area contributed by atoms with Crippen molar-refractivity contribution in [1.29, 1.82) is 0 Å². The fourth-order valence-corrected chi connectivity index (χ4v) is 8.36. The van der Waals surface area contributed by atoms with Gasteiger partial charge in [-0.25, -0.2) is 13.2 Å². The van der Waals surface area contributed by atoms with Crippen molar-refractivity contribution in [2.75, 3.05) is 26.2 Å². The summed E-state index contributed by atoms with van der Waals surface area (Å²) >= 11 is 0. The van der Waals surface area contributed by atoms with Crippen LogP contribution in [0.1, 0.15) is 50.8 Å². The number of amides is 3. The van der Waals surface area contributed by atoms with E-state index in [1.54, 1.807) is 16.0 Å². The van der Waals surface area contributed by atoms with Gasteiger partial charge < -0.3 is 25.4 Å². The van der Waals surface area contributed by atoms with Crippen molar-refractivity contribution in [2.24, 2.45) is 17.0 Å². The van der Waals surface area contributed by atoms with E-state index in [0.29, 0.717) is 31.6 Å². The van der Waals surface area contributed by atoms with E-state index in [1.807, 2.05) is 88.4 Å². The van der Waals surface area contributed by atoms with Crippen LogP contribution >= 0.6 is 0 Å². The SMILES string of the molecule is CCC(C)C(C(=O)N[C@@H](Cc1ccccc1)[C@H](O)CN(CC(C)C)S(=O)(=O)c1ccc(/C=N/O)cc1)N1CCN(Cc2ccc3cccnc3c2)C1=O. The van der Waals surface area contributed by atoms with Crippen molar-refractivity contribution in [2.45, 2.75) is 70.2 Å². The lowest BCUT2D eigenvalue weighted by molar-refractivity contribution is -0.128. The Balaban J connectivity index is 1.37. The lowest BCUT2D eigenvalue weighted by Gasteiger charge is -2.35. The maximum Gasteiger partial charge on any atom is 0.321 e. The smallest absolute Gasteiger partial charge is 0.321 e. The summed E-state index contributed by atoms with van der Waals surface area (Å²) in [4.78, 5) is 36.1. The molecule has 0 saturated carbocycles. The zero-order chi connectivity index (χ0) is 38.1. The molecule has 3 N–H and O–H groups in total. The molecule has 4 aromatic rings. The highest BCUT2D eigenvalue weighted by Crippen LogP contribution is 2.25. The largest absolute Gasteiger partial charge is 0.411 e. The lowest BCUT2D eigenvalue weighted by atomic mass is 9.95. The standard InChI is InChI=1S/C40H50N6O6S/c1-5-29(4)38(46-21-20-44(40(46)49)26-32-13-16-33-12-9-19-41-35(33)23-32)39(48)43-36(22-30-10-7-6-8-11-30)37(47)27-45(25-28(2)3)53(51,52)34-17-14-31(15-18-34)24-42-50/h6-19,23-24,28-29,36-38,47,50H,5,20-22,25-27H2,1-4H3,(H,43,48)/b42-24+/t29?,36-,37+,38?/m0/s1. The van der Waals surface area contributed by atoms with Crippen molar-refractivity contribution < 1.29 is 28.3 Å². The lowest BCUT2D eigenvalue weighted by Crippen LogP contribution is -2.57. The fraction of sp³-hybridized carbons (Fsp3) is 0.400. The highest BCUT2D eigenvalue weighted by Gasteiger charge is 2.41. The molecule has 1 aliphatic heterocycles. The van der Waals surface area contributed by atoms with Gasteiger partial charge in [-0.3, -0.25) is 9.78 Å². The first-order valence-electron chi connectivity index (χ1n) is 18.1. The number of nitrogens with zero attached hydrogens (tertiary/aromatic N) is 5. The third kappa shape index (κ3) is 9.78. The summed E-state index contributed by atoms with van der Waals surface area (Å²) in [5.41, 5.74) is 3.16. The molecule has 1 saturated heterocycles. The third-order valence-corrected chi connectivity index (χ3v) is 11.6. The van der Waals surface area contributed by atoms with Crippen LogP contribution in [0.15, 0.2) is 101 Å². The molecule has 2 unspecified atom stereocenters. The topological polar surface area (TPSA) is 156 Å². The quantitative estimate of drug-likeness (QED) is 0.0770. The molecular weight excluding hydrogens is 693 g/mol. The number of fused-ring (bicyclic) bond motifs is 1. The third-order valence-electron chi connectivity index (χ3n) is 9.73. The molecule has 13 heteroatoms. The maximum absolute atomic E-state index is 14.4. The van der Waals surface area contributed by atoms with Crippen molar-refractivity contribution in [1.82, 2.24) is 24.4 Å². The number of pyridine rings is 1. The fourth-order valence-electron chi connectivity index (χ4n) is 6.74. The molecule has 2 heterocycles. The van der Waals surface area contributed by atoms with Gasteiger partial charge >= 0.3 is 6.03 Å². The minimum Gasteiger partial charge on any atom is -0.411 e. The Labute approximate surface area is 312 Å². The molecule has 0 bridgehead atoms. The van der Waals surface area contributed by atoms with Crippen LogP contribution in [0, 0.1) is 11.8 Å². The summed E-state index contributed by atoms with van der Waals surface area (Å²) in [5.74, 6) is -0.663. The predicted octanol–water partition coefficient (Wildman–Crippen LogP) is 5.13. The average Bonchev–Trinajstić information content (AvgIpc) is 3.49. The van der Waals surface area contributed by atoms with Crippen LogP contribution < -0.4 is 5.32 Å². The second-order valence-electron chi connectivity index (χ2n) is 14.2. The highest BCUT2D eigenvalue weighted by molar-refractivity contribution is 7.89. The molecule has 53 heavy (non-hydrogen) atoms. The predicted molar refractivity (Wildman–Crippen MR) is 205 cm³/mol. The zero-order valence-corrected chi connectivity index (χ0v) is 31.6. The Morgan fingerprint density at radius 1 is 0.981 bits per heavy atom. The number of aromatic nitrogens is 1. The Bertz CT molecular complexity index is 1970. The summed E-state index contributed by atoms with van der Waals surface area (Å²) in [7, 11) is -4.06. The van der Waals surface area contributed by atoms with E-state index in [4.69, 9.17) is 5.21 Å². The van der Waals surface area contributed by atoms with Gasteiger partial charge in [0.05, 0.1) is 28.8 Å². The Morgan fingerprint density at radius 3 is 2.40 bits per heavy atom. The van der Waals surface area contributed by atoms with Crippen LogP contribution in [0.25, 0.3) is 10.9 Å². The molecule has 3 aromatic carbocycles. The normalized spacial score (nSPS) is 16.1. The zero-order valence-electron chi connectivity index (χ0n) is 30.7. The van der Waals surface area contributed by atoms with Gasteiger partial charge in [0.1, 0.15) is 6.04 Å². The number of oxime groups is 1. The minimum atomic E-state index is -4.06. The van der Waals surface area contributed by atoms with Crippen molar-refractivity contribution in [3.8, 4) is 0 Å². The molecule has 0 spiro atoms. The second-order valence-corrected chi connectivity index (χ2v) is 16.1. The Kier molecular flexibility index (Phi) is 13.2. The van der Waals surface area contributed by atoms with Gasteiger partial charge in [0.25, 0.3) is 0 Å². The number of aliphatic hydroxyl groups is 1. The van der Waals surface area contributed by atoms with Gasteiger partial charge in [0.15, 0.2) is 0 Å². The molecule has 1 aliphatic rings. The van der Waals surface area contributed by atoms with Crippen LogP contribution in [0.5, 0.6) is 0 Å². The van der Waals surface area contributed by atoms with Crippen molar-refractivity contribution in [3.05, 3.63) is 108 Å². The Hall–Kier alpha value is -4.85. The van der Waals surface area contributed by atoms with Gasteiger partial charge in [-0.1, -0.05) is 99.9 Å². The molecule has 4 atom stereocenters.